The van der Waals surface area contributed by atoms with E-state index in [0.717, 1.165) is 30.8 Å². The van der Waals surface area contributed by atoms with Crippen LogP contribution in [0.2, 0.25) is 0 Å². The van der Waals surface area contributed by atoms with E-state index in [1.54, 1.807) is 11.3 Å². The first-order chi connectivity index (χ1) is 8.16. The van der Waals surface area contributed by atoms with Crippen molar-refractivity contribution in [2.75, 3.05) is 13.1 Å². The molecule has 1 amide bonds. The molecule has 1 aromatic rings. The van der Waals surface area contributed by atoms with Gasteiger partial charge in [0.25, 0.3) is 0 Å². The average Bonchev–Trinajstić information content (AvgIpc) is 2.82. The first-order valence-electron chi connectivity index (χ1n) is 5.76. The number of hydrogen-bond acceptors (Lipinski definition) is 3. The van der Waals surface area contributed by atoms with E-state index in [0.29, 0.717) is 17.3 Å². The van der Waals surface area contributed by atoms with Crippen LogP contribution < -0.4 is 5.73 Å². The Morgan fingerprint density at radius 3 is 2.76 bits per heavy atom. The van der Waals surface area contributed by atoms with Crippen molar-refractivity contribution in [3.05, 3.63) is 22.4 Å². The molecule has 17 heavy (non-hydrogen) atoms. The summed E-state index contributed by atoms with van der Waals surface area (Å²) in [5.41, 5.74) is 5.63. The van der Waals surface area contributed by atoms with Crippen molar-refractivity contribution in [1.82, 2.24) is 4.90 Å². The molecule has 0 saturated carbocycles. The van der Waals surface area contributed by atoms with Crippen molar-refractivity contribution in [3.8, 4) is 0 Å². The summed E-state index contributed by atoms with van der Waals surface area (Å²) in [6, 6.07) is 3.98. The van der Waals surface area contributed by atoms with Crippen LogP contribution in [0.15, 0.2) is 17.5 Å². The normalized spacial score (nSPS) is 17.1. The van der Waals surface area contributed by atoms with Crippen LogP contribution in [0.5, 0.6) is 0 Å². The van der Waals surface area contributed by atoms with Crippen LogP contribution >= 0.6 is 23.6 Å². The van der Waals surface area contributed by atoms with Crippen LogP contribution in [0.4, 0.5) is 0 Å². The lowest BCUT2D eigenvalue weighted by molar-refractivity contribution is -0.131. The summed E-state index contributed by atoms with van der Waals surface area (Å²) in [5.74, 6) is 0.532. The van der Waals surface area contributed by atoms with Gasteiger partial charge in [0.2, 0.25) is 5.91 Å². The van der Waals surface area contributed by atoms with Gasteiger partial charge in [-0.05, 0) is 24.3 Å². The van der Waals surface area contributed by atoms with E-state index in [4.69, 9.17) is 18.0 Å². The van der Waals surface area contributed by atoms with Crippen molar-refractivity contribution >= 4 is 34.5 Å². The minimum atomic E-state index is 0.217. The molecule has 2 N–H and O–H groups in total. The topological polar surface area (TPSA) is 46.3 Å². The summed E-state index contributed by atoms with van der Waals surface area (Å²) < 4.78 is 0. The zero-order valence-corrected chi connectivity index (χ0v) is 11.2. The molecule has 5 heteroatoms. The lowest BCUT2D eigenvalue weighted by Crippen LogP contribution is -2.41. The second-order valence-electron chi connectivity index (χ2n) is 4.31. The largest absolute Gasteiger partial charge is 0.393 e. The van der Waals surface area contributed by atoms with Gasteiger partial charge in [0, 0.05) is 23.9 Å². The lowest BCUT2D eigenvalue weighted by atomic mass is 9.97. The summed E-state index contributed by atoms with van der Waals surface area (Å²) in [7, 11) is 0. The molecule has 0 spiro atoms. The maximum atomic E-state index is 12.0. The molecule has 0 aliphatic carbocycles. The summed E-state index contributed by atoms with van der Waals surface area (Å²) >= 11 is 6.62. The fourth-order valence-electron chi connectivity index (χ4n) is 2.09. The highest BCUT2D eigenvalue weighted by Gasteiger charge is 2.24. The number of carbonyl (C=O) groups excluding carboxylic acids is 1. The van der Waals surface area contributed by atoms with Crippen molar-refractivity contribution in [3.63, 3.8) is 0 Å². The maximum absolute atomic E-state index is 12.0. The van der Waals surface area contributed by atoms with Crippen LogP contribution in [-0.4, -0.2) is 28.9 Å². The predicted octanol–water partition coefficient (Wildman–Crippen LogP) is 1.82. The number of nitrogens with two attached hydrogens (primary N) is 1. The molecule has 1 saturated heterocycles. The van der Waals surface area contributed by atoms with Gasteiger partial charge in [-0.25, -0.2) is 0 Å². The van der Waals surface area contributed by atoms with Gasteiger partial charge in [0.15, 0.2) is 0 Å². The van der Waals surface area contributed by atoms with E-state index < -0.39 is 0 Å². The number of thiophene rings is 1. The summed E-state index contributed by atoms with van der Waals surface area (Å²) in [6.45, 7) is 1.57. The second-order valence-corrected chi connectivity index (χ2v) is 5.82. The standard InChI is InChI=1S/C12H16N2OS2/c13-12(16)9-3-5-14(6-4-9)11(15)8-10-2-1-7-17-10/h1-2,7,9H,3-6,8H2,(H2,13,16). The van der Waals surface area contributed by atoms with Crippen molar-refractivity contribution < 1.29 is 4.79 Å². The Morgan fingerprint density at radius 2 is 2.24 bits per heavy atom. The molecule has 0 bridgehead atoms. The van der Waals surface area contributed by atoms with Gasteiger partial charge < -0.3 is 10.6 Å². The minimum absolute atomic E-state index is 0.217. The quantitative estimate of drug-likeness (QED) is 0.851. The number of amides is 1. The van der Waals surface area contributed by atoms with Crippen molar-refractivity contribution in [2.24, 2.45) is 11.7 Å². The van der Waals surface area contributed by atoms with Crippen LogP contribution in [0, 0.1) is 5.92 Å². The van der Waals surface area contributed by atoms with E-state index in [9.17, 15) is 4.79 Å². The SMILES string of the molecule is NC(=S)C1CCN(C(=O)Cc2cccs2)CC1. The van der Waals surface area contributed by atoms with Crippen molar-refractivity contribution in [1.29, 1.82) is 0 Å². The Labute approximate surface area is 111 Å². The molecule has 2 rings (SSSR count). The fourth-order valence-corrected chi connectivity index (χ4v) is 3.02. The first-order valence-corrected chi connectivity index (χ1v) is 7.05. The Morgan fingerprint density at radius 1 is 1.53 bits per heavy atom. The van der Waals surface area contributed by atoms with Gasteiger partial charge in [-0.3, -0.25) is 4.79 Å². The highest BCUT2D eigenvalue weighted by molar-refractivity contribution is 7.80. The molecule has 0 atom stereocenters. The molecular weight excluding hydrogens is 252 g/mol. The van der Waals surface area contributed by atoms with Crippen LogP contribution in [0.3, 0.4) is 0 Å². The number of hydrogen-bond donors (Lipinski definition) is 1. The minimum Gasteiger partial charge on any atom is -0.393 e. The molecule has 0 unspecified atom stereocenters. The Bertz CT molecular complexity index is 395. The van der Waals surface area contributed by atoms with Crippen molar-refractivity contribution in [2.45, 2.75) is 19.3 Å². The Hall–Kier alpha value is -0.940. The van der Waals surface area contributed by atoms with Gasteiger partial charge in [-0.15, -0.1) is 11.3 Å². The molecule has 0 radical (unpaired) electrons. The molecule has 2 heterocycles. The van der Waals surface area contributed by atoms with Crippen LogP contribution in [0.1, 0.15) is 17.7 Å². The Kier molecular flexibility index (Phi) is 4.12. The number of thiocarbonyl (C=S) groups is 1. The predicted molar refractivity (Wildman–Crippen MR) is 74.1 cm³/mol. The van der Waals surface area contributed by atoms with Gasteiger partial charge in [-0.2, -0.15) is 0 Å². The fraction of sp³-hybridized carbons (Fsp3) is 0.500. The number of likely N-dealkylation sites (tertiary alicyclic amines) is 1. The molecular formula is C12H16N2OS2. The summed E-state index contributed by atoms with van der Waals surface area (Å²) in [6.07, 6.45) is 2.34. The average molecular weight is 268 g/mol. The third kappa shape index (κ3) is 3.26. The van der Waals surface area contributed by atoms with E-state index in [1.165, 1.54) is 0 Å². The molecule has 3 nitrogen and oxygen atoms in total. The van der Waals surface area contributed by atoms with E-state index >= 15 is 0 Å². The number of nitrogens with zero attached hydrogens (tertiary/aromatic N) is 1. The summed E-state index contributed by atoms with van der Waals surface area (Å²) in [4.78, 5) is 15.7. The molecule has 1 aliphatic heterocycles. The van der Waals surface area contributed by atoms with Gasteiger partial charge in [0.1, 0.15) is 0 Å². The molecule has 1 aromatic heterocycles. The highest BCUT2D eigenvalue weighted by atomic mass is 32.1. The number of carbonyl (C=O) groups is 1. The maximum Gasteiger partial charge on any atom is 0.227 e. The van der Waals surface area contributed by atoms with Crippen LogP contribution in [0.25, 0.3) is 0 Å². The molecule has 92 valence electrons. The smallest absolute Gasteiger partial charge is 0.227 e. The van der Waals surface area contributed by atoms with E-state index in [-0.39, 0.29) is 5.91 Å². The molecule has 1 aliphatic rings. The van der Waals surface area contributed by atoms with Gasteiger partial charge in [-0.1, -0.05) is 18.3 Å². The van der Waals surface area contributed by atoms with E-state index in [2.05, 4.69) is 0 Å². The Balaban J connectivity index is 1.84. The zero-order valence-electron chi connectivity index (χ0n) is 9.59. The van der Waals surface area contributed by atoms with Gasteiger partial charge >= 0.3 is 0 Å². The highest BCUT2D eigenvalue weighted by Crippen LogP contribution is 2.19. The van der Waals surface area contributed by atoms with E-state index in [1.807, 2.05) is 22.4 Å². The zero-order chi connectivity index (χ0) is 12.3. The first kappa shape index (κ1) is 12.5. The van der Waals surface area contributed by atoms with Crippen LogP contribution in [-0.2, 0) is 11.2 Å². The number of rotatable bonds is 3. The monoisotopic (exact) mass is 268 g/mol. The molecule has 1 fully saturated rings. The third-order valence-electron chi connectivity index (χ3n) is 3.16. The number of piperidine rings is 1. The second kappa shape index (κ2) is 5.60. The molecule has 0 aromatic carbocycles. The third-order valence-corrected chi connectivity index (χ3v) is 4.37. The van der Waals surface area contributed by atoms with Gasteiger partial charge in [0.05, 0.1) is 11.4 Å². The lowest BCUT2D eigenvalue weighted by Gasteiger charge is -2.31. The summed E-state index contributed by atoms with van der Waals surface area (Å²) in [5, 5.41) is 2.00.